The van der Waals surface area contributed by atoms with Crippen LogP contribution in [0.3, 0.4) is 0 Å². The van der Waals surface area contributed by atoms with Crippen LogP contribution in [-0.2, 0) is 13.1 Å². The Balaban J connectivity index is 2.06. The van der Waals surface area contributed by atoms with Gasteiger partial charge in [-0.3, -0.25) is 0 Å². The molecule has 2 N–H and O–H groups in total. The maximum Gasteiger partial charge on any atom is 0.0480 e. The number of aromatic nitrogens is 1. The summed E-state index contributed by atoms with van der Waals surface area (Å²) in [5.41, 5.74) is 2.63. The van der Waals surface area contributed by atoms with Crippen molar-refractivity contribution in [2.75, 3.05) is 13.7 Å². The first-order valence-electron chi connectivity index (χ1n) is 6.68. The zero-order valence-electron chi connectivity index (χ0n) is 11.0. The van der Waals surface area contributed by atoms with Crippen molar-refractivity contribution >= 4 is 10.9 Å². The van der Waals surface area contributed by atoms with Crippen molar-refractivity contribution in [2.45, 2.75) is 32.4 Å². The Kier molecular flexibility index (Phi) is 4.79. The molecule has 0 atom stereocenters. The van der Waals surface area contributed by atoms with Crippen LogP contribution in [0.4, 0.5) is 0 Å². The minimum absolute atomic E-state index is 0.305. The van der Waals surface area contributed by atoms with E-state index in [9.17, 15) is 0 Å². The zero-order chi connectivity index (χ0) is 12.8. The van der Waals surface area contributed by atoms with E-state index in [-0.39, 0.29) is 0 Å². The van der Waals surface area contributed by atoms with Crippen LogP contribution in [0.15, 0.2) is 30.5 Å². The van der Waals surface area contributed by atoms with Crippen molar-refractivity contribution in [3.05, 3.63) is 36.0 Å². The second kappa shape index (κ2) is 6.57. The Morgan fingerprint density at radius 1 is 1.17 bits per heavy atom. The monoisotopic (exact) mass is 246 g/mol. The van der Waals surface area contributed by atoms with E-state index in [1.165, 1.54) is 16.5 Å². The molecular weight excluding hydrogens is 224 g/mol. The van der Waals surface area contributed by atoms with E-state index in [4.69, 9.17) is 5.11 Å². The van der Waals surface area contributed by atoms with Crippen molar-refractivity contribution in [1.29, 1.82) is 0 Å². The van der Waals surface area contributed by atoms with E-state index in [1.807, 2.05) is 7.05 Å². The van der Waals surface area contributed by atoms with E-state index in [2.05, 4.69) is 40.3 Å². The first kappa shape index (κ1) is 13.1. The van der Waals surface area contributed by atoms with Crippen LogP contribution in [0.25, 0.3) is 10.9 Å². The summed E-state index contributed by atoms with van der Waals surface area (Å²) in [6, 6.07) is 8.81. The molecule has 98 valence electrons. The summed E-state index contributed by atoms with van der Waals surface area (Å²) in [7, 11) is 1.97. The highest BCUT2D eigenvalue weighted by Gasteiger charge is 2.01. The molecule has 0 radical (unpaired) electrons. The summed E-state index contributed by atoms with van der Waals surface area (Å²) in [4.78, 5) is 0. The zero-order valence-corrected chi connectivity index (χ0v) is 11.0. The lowest BCUT2D eigenvalue weighted by Gasteiger charge is -2.06. The smallest absolute Gasteiger partial charge is 0.0480 e. The minimum atomic E-state index is 0.305. The SMILES string of the molecule is CNCc1ccc2c(ccn2CCCCCO)c1. The number of nitrogens with zero attached hydrogens (tertiary/aromatic N) is 1. The molecule has 0 saturated heterocycles. The van der Waals surface area contributed by atoms with Crippen LogP contribution in [0, 0.1) is 0 Å². The van der Waals surface area contributed by atoms with E-state index in [0.29, 0.717) is 6.61 Å². The summed E-state index contributed by atoms with van der Waals surface area (Å²) in [5, 5.41) is 13.2. The number of rotatable bonds is 7. The predicted molar refractivity (Wildman–Crippen MR) is 75.6 cm³/mol. The Morgan fingerprint density at radius 3 is 2.83 bits per heavy atom. The van der Waals surface area contributed by atoms with Gasteiger partial charge in [-0.25, -0.2) is 0 Å². The molecule has 0 unspecified atom stereocenters. The number of nitrogens with one attached hydrogen (secondary N) is 1. The molecule has 0 aliphatic rings. The van der Waals surface area contributed by atoms with Crippen LogP contribution < -0.4 is 5.32 Å². The molecule has 0 bridgehead atoms. The number of aliphatic hydroxyl groups is 1. The highest BCUT2D eigenvalue weighted by molar-refractivity contribution is 5.80. The van der Waals surface area contributed by atoms with Gasteiger partial charge in [-0.2, -0.15) is 0 Å². The third-order valence-corrected chi connectivity index (χ3v) is 3.27. The van der Waals surface area contributed by atoms with Crippen LogP contribution in [0.5, 0.6) is 0 Å². The van der Waals surface area contributed by atoms with Crippen molar-refractivity contribution < 1.29 is 5.11 Å². The maximum absolute atomic E-state index is 8.76. The van der Waals surface area contributed by atoms with E-state index < -0.39 is 0 Å². The van der Waals surface area contributed by atoms with Gasteiger partial charge in [0.1, 0.15) is 0 Å². The van der Waals surface area contributed by atoms with Gasteiger partial charge in [0.15, 0.2) is 0 Å². The molecule has 0 spiro atoms. The fraction of sp³-hybridized carbons (Fsp3) is 0.467. The lowest BCUT2D eigenvalue weighted by atomic mass is 10.1. The molecule has 0 saturated carbocycles. The van der Waals surface area contributed by atoms with E-state index >= 15 is 0 Å². The third-order valence-electron chi connectivity index (χ3n) is 3.27. The van der Waals surface area contributed by atoms with Crippen LogP contribution in [0.2, 0.25) is 0 Å². The Bertz CT molecular complexity index is 490. The van der Waals surface area contributed by atoms with Gasteiger partial charge in [-0.1, -0.05) is 6.07 Å². The molecule has 0 aliphatic heterocycles. The fourth-order valence-corrected chi connectivity index (χ4v) is 2.33. The van der Waals surface area contributed by atoms with Crippen LogP contribution in [-0.4, -0.2) is 23.3 Å². The van der Waals surface area contributed by atoms with Crippen LogP contribution in [0.1, 0.15) is 24.8 Å². The van der Waals surface area contributed by atoms with Crippen molar-refractivity contribution in [2.24, 2.45) is 0 Å². The predicted octanol–water partition coefficient (Wildman–Crippen LogP) is 2.52. The minimum Gasteiger partial charge on any atom is -0.396 e. The first-order chi connectivity index (χ1) is 8.85. The van der Waals surface area contributed by atoms with E-state index in [0.717, 1.165) is 32.4 Å². The molecular formula is C15H22N2O. The second-order valence-electron chi connectivity index (χ2n) is 4.72. The third kappa shape index (κ3) is 3.12. The number of benzene rings is 1. The quantitative estimate of drug-likeness (QED) is 0.737. The molecule has 0 fully saturated rings. The summed E-state index contributed by atoms with van der Waals surface area (Å²) < 4.78 is 2.30. The van der Waals surface area contributed by atoms with Gasteiger partial charge < -0.3 is 15.0 Å². The van der Waals surface area contributed by atoms with Gasteiger partial charge in [0.2, 0.25) is 0 Å². The van der Waals surface area contributed by atoms with E-state index in [1.54, 1.807) is 0 Å². The fourth-order valence-electron chi connectivity index (χ4n) is 2.33. The Morgan fingerprint density at radius 2 is 2.06 bits per heavy atom. The highest BCUT2D eigenvalue weighted by atomic mass is 16.2. The average Bonchev–Trinajstić information content (AvgIpc) is 2.78. The number of fused-ring (bicyclic) bond motifs is 1. The molecule has 3 heteroatoms. The molecule has 2 rings (SSSR count). The standard InChI is InChI=1S/C15H22N2O/c1-16-12-13-5-6-15-14(11-13)7-9-17(15)8-3-2-4-10-18/h5-7,9,11,16,18H,2-4,8,10,12H2,1H3. The number of aliphatic hydroxyl groups excluding tert-OH is 1. The van der Waals surface area contributed by atoms with Gasteiger partial charge in [-0.05, 0) is 55.5 Å². The Hall–Kier alpha value is -1.32. The van der Waals surface area contributed by atoms with Gasteiger partial charge in [0.25, 0.3) is 0 Å². The van der Waals surface area contributed by atoms with Crippen LogP contribution >= 0.6 is 0 Å². The largest absolute Gasteiger partial charge is 0.396 e. The number of hydrogen-bond acceptors (Lipinski definition) is 2. The topological polar surface area (TPSA) is 37.2 Å². The summed E-state index contributed by atoms with van der Waals surface area (Å²) in [6.45, 7) is 2.26. The lowest BCUT2D eigenvalue weighted by Crippen LogP contribution is -2.04. The van der Waals surface area contributed by atoms with Crippen molar-refractivity contribution in [1.82, 2.24) is 9.88 Å². The van der Waals surface area contributed by atoms with Gasteiger partial charge in [-0.15, -0.1) is 0 Å². The number of aryl methyl sites for hydroxylation is 1. The molecule has 1 aromatic carbocycles. The Labute approximate surface area is 108 Å². The summed E-state index contributed by atoms with van der Waals surface area (Å²) in [5.74, 6) is 0. The van der Waals surface area contributed by atoms with Crippen molar-refractivity contribution in [3.63, 3.8) is 0 Å². The molecule has 0 aliphatic carbocycles. The molecule has 2 aromatic rings. The highest BCUT2D eigenvalue weighted by Crippen LogP contribution is 2.18. The number of unbranched alkanes of at least 4 members (excludes halogenated alkanes) is 2. The number of hydrogen-bond donors (Lipinski definition) is 2. The van der Waals surface area contributed by atoms with Crippen molar-refractivity contribution in [3.8, 4) is 0 Å². The molecule has 0 amide bonds. The molecule has 1 aromatic heterocycles. The second-order valence-corrected chi connectivity index (χ2v) is 4.72. The summed E-state index contributed by atoms with van der Waals surface area (Å²) >= 11 is 0. The lowest BCUT2D eigenvalue weighted by molar-refractivity contribution is 0.282. The van der Waals surface area contributed by atoms with Gasteiger partial charge >= 0.3 is 0 Å². The normalized spacial score (nSPS) is 11.2. The van der Waals surface area contributed by atoms with Gasteiger partial charge in [0.05, 0.1) is 0 Å². The molecule has 1 heterocycles. The average molecular weight is 246 g/mol. The summed E-state index contributed by atoms with van der Waals surface area (Å²) in [6.07, 6.45) is 5.29. The maximum atomic E-state index is 8.76. The van der Waals surface area contributed by atoms with Gasteiger partial charge in [0, 0.05) is 31.4 Å². The molecule has 3 nitrogen and oxygen atoms in total. The molecule has 18 heavy (non-hydrogen) atoms. The first-order valence-corrected chi connectivity index (χ1v) is 6.68.